The van der Waals surface area contributed by atoms with Crippen LogP contribution in [0.1, 0.15) is 10.4 Å². The van der Waals surface area contributed by atoms with Crippen molar-refractivity contribution in [2.24, 2.45) is 0 Å². The lowest BCUT2D eigenvalue weighted by molar-refractivity contribution is 0.0698. The third-order valence-electron chi connectivity index (χ3n) is 2.88. The van der Waals surface area contributed by atoms with Crippen molar-refractivity contribution in [3.63, 3.8) is 0 Å². The number of carboxylic acid groups (broad SMARTS) is 1. The van der Waals surface area contributed by atoms with Crippen molar-refractivity contribution in [3.8, 4) is 11.4 Å². The van der Waals surface area contributed by atoms with Crippen LogP contribution in [0.3, 0.4) is 0 Å². The number of rotatable bonds is 2. The van der Waals surface area contributed by atoms with E-state index in [1.54, 1.807) is 41.1 Å². The van der Waals surface area contributed by atoms with Gasteiger partial charge in [0.2, 0.25) is 0 Å². The molecule has 0 atom stereocenters. The van der Waals surface area contributed by atoms with Crippen LogP contribution in [0.4, 0.5) is 0 Å². The fourth-order valence-electron chi connectivity index (χ4n) is 2.04. The molecular formula is C14H9ClN2O2. The molecule has 1 N–H and O–H groups in total. The number of carbonyl (C=O) groups is 1. The molecule has 0 spiro atoms. The number of pyridine rings is 1. The van der Waals surface area contributed by atoms with Gasteiger partial charge in [-0.05, 0) is 24.3 Å². The highest BCUT2D eigenvalue weighted by molar-refractivity contribution is 6.30. The molecule has 2 aromatic heterocycles. The lowest BCUT2D eigenvalue weighted by Gasteiger charge is -2.03. The first-order chi connectivity index (χ1) is 9.16. The number of aromatic carboxylic acids is 1. The molecule has 4 nitrogen and oxygen atoms in total. The number of carboxylic acids is 1. The van der Waals surface area contributed by atoms with E-state index in [2.05, 4.69) is 4.98 Å². The second-order valence-corrected chi connectivity index (χ2v) is 4.51. The second kappa shape index (κ2) is 4.40. The van der Waals surface area contributed by atoms with Crippen LogP contribution in [0.2, 0.25) is 5.02 Å². The summed E-state index contributed by atoms with van der Waals surface area (Å²) in [4.78, 5) is 15.4. The van der Waals surface area contributed by atoms with E-state index in [4.69, 9.17) is 16.7 Å². The molecule has 0 aliphatic carbocycles. The average molecular weight is 273 g/mol. The van der Waals surface area contributed by atoms with Crippen molar-refractivity contribution in [2.75, 3.05) is 0 Å². The quantitative estimate of drug-likeness (QED) is 0.778. The Labute approximate surface area is 113 Å². The standard InChI is InChI=1S/C14H9ClN2O2/c15-10-4-1-3-9(7-10)13-16-8-12-11(14(18)19)5-2-6-17(12)13/h1-8H,(H,18,19). The Morgan fingerprint density at radius 3 is 2.84 bits per heavy atom. The Bertz CT molecular complexity index is 780. The average Bonchev–Trinajstić information content (AvgIpc) is 2.82. The molecule has 0 aliphatic heterocycles. The highest BCUT2D eigenvalue weighted by Crippen LogP contribution is 2.24. The molecule has 0 unspecified atom stereocenters. The highest BCUT2D eigenvalue weighted by atomic mass is 35.5. The monoisotopic (exact) mass is 272 g/mol. The molecule has 0 saturated heterocycles. The van der Waals surface area contributed by atoms with Gasteiger partial charge in [-0.15, -0.1) is 0 Å². The molecule has 0 saturated carbocycles. The number of hydrogen-bond acceptors (Lipinski definition) is 2. The van der Waals surface area contributed by atoms with E-state index in [0.717, 1.165) is 5.56 Å². The molecule has 0 amide bonds. The molecule has 0 bridgehead atoms. The lowest BCUT2D eigenvalue weighted by Crippen LogP contribution is -1.99. The van der Waals surface area contributed by atoms with Gasteiger partial charge in [-0.2, -0.15) is 0 Å². The van der Waals surface area contributed by atoms with Crippen LogP contribution in [0, 0.1) is 0 Å². The van der Waals surface area contributed by atoms with Gasteiger partial charge >= 0.3 is 5.97 Å². The Morgan fingerprint density at radius 2 is 2.11 bits per heavy atom. The normalized spacial score (nSPS) is 10.8. The zero-order valence-electron chi connectivity index (χ0n) is 9.75. The Kier molecular flexibility index (Phi) is 2.72. The fraction of sp³-hybridized carbons (Fsp3) is 0. The van der Waals surface area contributed by atoms with Gasteiger partial charge in [0, 0.05) is 16.8 Å². The van der Waals surface area contributed by atoms with Crippen molar-refractivity contribution in [1.82, 2.24) is 9.38 Å². The minimum atomic E-state index is -0.969. The van der Waals surface area contributed by atoms with Crippen LogP contribution in [-0.4, -0.2) is 20.5 Å². The third kappa shape index (κ3) is 1.96. The van der Waals surface area contributed by atoms with Gasteiger partial charge in [0.05, 0.1) is 17.3 Å². The van der Waals surface area contributed by atoms with Crippen LogP contribution < -0.4 is 0 Å². The third-order valence-corrected chi connectivity index (χ3v) is 3.12. The molecule has 94 valence electrons. The van der Waals surface area contributed by atoms with Crippen LogP contribution in [-0.2, 0) is 0 Å². The Hall–Kier alpha value is -2.33. The molecule has 5 heteroatoms. The fourth-order valence-corrected chi connectivity index (χ4v) is 2.23. The van der Waals surface area contributed by atoms with Crippen molar-refractivity contribution in [2.45, 2.75) is 0 Å². The highest BCUT2D eigenvalue weighted by Gasteiger charge is 2.13. The first-order valence-corrected chi connectivity index (χ1v) is 6.00. The Morgan fingerprint density at radius 1 is 1.26 bits per heavy atom. The summed E-state index contributed by atoms with van der Waals surface area (Å²) in [5.41, 5.74) is 1.63. The Balaban J connectivity index is 2.27. The maximum atomic E-state index is 11.2. The number of nitrogens with zero attached hydrogens (tertiary/aromatic N) is 2. The van der Waals surface area contributed by atoms with Crippen LogP contribution in [0.5, 0.6) is 0 Å². The maximum Gasteiger partial charge on any atom is 0.337 e. The summed E-state index contributed by atoms with van der Waals surface area (Å²) in [6.07, 6.45) is 3.34. The van der Waals surface area contributed by atoms with Crippen LogP contribution >= 0.6 is 11.6 Å². The number of fused-ring (bicyclic) bond motifs is 1. The van der Waals surface area contributed by atoms with Crippen molar-refractivity contribution >= 4 is 23.1 Å². The molecule has 19 heavy (non-hydrogen) atoms. The number of imidazole rings is 1. The van der Waals surface area contributed by atoms with Gasteiger partial charge in [0.25, 0.3) is 0 Å². The van der Waals surface area contributed by atoms with Gasteiger partial charge in [0.15, 0.2) is 0 Å². The zero-order valence-corrected chi connectivity index (χ0v) is 10.5. The summed E-state index contributed by atoms with van der Waals surface area (Å²) in [6.45, 7) is 0. The first-order valence-electron chi connectivity index (χ1n) is 5.62. The smallest absolute Gasteiger partial charge is 0.337 e. The number of benzene rings is 1. The van der Waals surface area contributed by atoms with Crippen LogP contribution in [0.25, 0.3) is 16.9 Å². The summed E-state index contributed by atoms with van der Waals surface area (Å²) in [5.74, 6) is -0.302. The largest absolute Gasteiger partial charge is 0.478 e. The minimum absolute atomic E-state index is 0.225. The summed E-state index contributed by atoms with van der Waals surface area (Å²) in [5, 5.41) is 9.76. The predicted molar refractivity (Wildman–Crippen MR) is 72.6 cm³/mol. The molecule has 1 aromatic carbocycles. The summed E-state index contributed by atoms with van der Waals surface area (Å²) >= 11 is 5.96. The molecule has 3 aromatic rings. The van der Waals surface area contributed by atoms with E-state index >= 15 is 0 Å². The van der Waals surface area contributed by atoms with Crippen LogP contribution in [0.15, 0.2) is 48.8 Å². The van der Waals surface area contributed by atoms with E-state index in [9.17, 15) is 4.79 Å². The topological polar surface area (TPSA) is 54.6 Å². The molecular weight excluding hydrogens is 264 g/mol. The second-order valence-electron chi connectivity index (χ2n) is 4.07. The van der Waals surface area contributed by atoms with Crippen molar-refractivity contribution < 1.29 is 9.90 Å². The maximum absolute atomic E-state index is 11.2. The van der Waals surface area contributed by atoms with Crippen molar-refractivity contribution in [1.29, 1.82) is 0 Å². The first kappa shape index (κ1) is 11.7. The molecule has 0 aliphatic rings. The molecule has 3 rings (SSSR count). The summed E-state index contributed by atoms with van der Waals surface area (Å²) in [6, 6.07) is 10.5. The van der Waals surface area contributed by atoms with Gasteiger partial charge in [-0.3, -0.25) is 4.40 Å². The van der Waals surface area contributed by atoms with Crippen molar-refractivity contribution in [3.05, 3.63) is 59.4 Å². The van der Waals surface area contributed by atoms with Gasteiger partial charge in [-0.25, -0.2) is 9.78 Å². The SMILES string of the molecule is O=C(O)c1cccn2c(-c3cccc(Cl)c3)ncc12. The molecule has 0 fully saturated rings. The lowest BCUT2D eigenvalue weighted by atomic mass is 10.2. The minimum Gasteiger partial charge on any atom is -0.478 e. The number of hydrogen-bond donors (Lipinski definition) is 1. The van der Waals surface area contributed by atoms with Gasteiger partial charge in [0.1, 0.15) is 5.82 Å². The van der Waals surface area contributed by atoms with E-state index in [1.165, 1.54) is 0 Å². The van der Waals surface area contributed by atoms with Gasteiger partial charge in [-0.1, -0.05) is 23.7 Å². The summed E-state index contributed by atoms with van der Waals surface area (Å²) in [7, 11) is 0. The van der Waals surface area contributed by atoms with E-state index in [0.29, 0.717) is 16.4 Å². The van der Waals surface area contributed by atoms with E-state index in [-0.39, 0.29) is 5.56 Å². The van der Waals surface area contributed by atoms with Gasteiger partial charge < -0.3 is 5.11 Å². The zero-order chi connectivity index (χ0) is 13.4. The van der Waals surface area contributed by atoms with E-state index in [1.807, 2.05) is 12.1 Å². The molecule has 2 heterocycles. The molecule has 0 radical (unpaired) electrons. The predicted octanol–water partition coefficient (Wildman–Crippen LogP) is 3.35. The summed E-state index contributed by atoms with van der Waals surface area (Å²) < 4.78 is 1.75. The van der Waals surface area contributed by atoms with E-state index < -0.39 is 5.97 Å². The number of aromatic nitrogens is 2. The number of halogens is 1.